The Labute approximate surface area is 128 Å². The largest absolute Gasteiger partial charge is 0.323 e. The second-order valence-corrected chi connectivity index (χ2v) is 7.89. The first-order valence-corrected chi connectivity index (χ1v) is 8.44. The van der Waals surface area contributed by atoms with Crippen LogP contribution < -0.4 is 5.32 Å². The quantitative estimate of drug-likeness (QED) is 0.937. The lowest BCUT2D eigenvalue weighted by Crippen LogP contribution is -2.28. The summed E-state index contributed by atoms with van der Waals surface area (Å²) in [7, 11) is -3.45. The molecule has 0 unspecified atom stereocenters. The van der Waals surface area contributed by atoms with Crippen LogP contribution in [0, 0.1) is 0 Å². The van der Waals surface area contributed by atoms with Gasteiger partial charge < -0.3 is 5.32 Å². The van der Waals surface area contributed by atoms with Gasteiger partial charge in [-0.25, -0.2) is 8.42 Å². The molecule has 0 fully saturated rings. The molecule has 112 valence electrons. The van der Waals surface area contributed by atoms with Gasteiger partial charge in [-0.2, -0.15) is 0 Å². The predicted octanol–water partition coefficient (Wildman–Crippen LogP) is 2.65. The van der Waals surface area contributed by atoms with Crippen LogP contribution in [-0.2, 0) is 14.6 Å². The minimum Gasteiger partial charge on any atom is -0.323 e. The van der Waals surface area contributed by atoms with Gasteiger partial charge in [0.1, 0.15) is 5.75 Å². The van der Waals surface area contributed by atoms with Gasteiger partial charge in [0.15, 0.2) is 9.84 Å². The summed E-state index contributed by atoms with van der Waals surface area (Å²) in [5.41, 5.74) is 0.381. The monoisotopic (exact) mass is 326 g/mol. The van der Waals surface area contributed by atoms with Gasteiger partial charge in [-0.1, -0.05) is 17.7 Å². The molecule has 1 N–H and O–H groups in total. The number of anilines is 1. The topological polar surface area (TPSA) is 76.1 Å². The van der Waals surface area contributed by atoms with Crippen LogP contribution in [0.1, 0.15) is 13.8 Å². The van der Waals surface area contributed by atoms with Crippen LogP contribution in [0.3, 0.4) is 0 Å². The first kappa shape index (κ1) is 15.7. The van der Waals surface area contributed by atoms with Crippen molar-refractivity contribution in [1.82, 2.24) is 4.98 Å². The van der Waals surface area contributed by atoms with E-state index < -0.39 is 26.7 Å². The van der Waals surface area contributed by atoms with E-state index in [2.05, 4.69) is 10.3 Å². The van der Waals surface area contributed by atoms with E-state index in [1.165, 1.54) is 13.8 Å². The standard InChI is InChI=1S/C14H15ClN2O3S/c1-9(2)21(19,20)8-13(18)17-14-11-7-16-6-5-10(11)3-4-12(14)15/h3-7,9H,8H2,1-2H3,(H,17,18). The lowest BCUT2D eigenvalue weighted by Gasteiger charge is -2.12. The number of rotatable bonds is 4. The van der Waals surface area contributed by atoms with Crippen molar-refractivity contribution < 1.29 is 13.2 Å². The second kappa shape index (κ2) is 5.99. The SMILES string of the molecule is CC(C)S(=O)(=O)CC(=O)Nc1c(Cl)ccc2ccncc12. The van der Waals surface area contributed by atoms with E-state index in [4.69, 9.17) is 11.6 Å². The number of nitrogens with one attached hydrogen (secondary N) is 1. The van der Waals surface area contributed by atoms with Gasteiger partial charge in [-0.3, -0.25) is 9.78 Å². The highest BCUT2D eigenvalue weighted by Gasteiger charge is 2.21. The maximum Gasteiger partial charge on any atom is 0.239 e. The zero-order chi connectivity index (χ0) is 15.6. The predicted molar refractivity (Wildman–Crippen MR) is 84.3 cm³/mol. The highest BCUT2D eigenvalue weighted by molar-refractivity contribution is 7.92. The summed E-state index contributed by atoms with van der Waals surface area (Å²) in [5, 5.41) is 3.83. The molecule has 21 heavy (non-hydrogen) atoms. The third-order valence-electron chi connectivity index (χ3n) is 3.09. The maximum absolute atomic E-state index is 12.0. The van der Waals surface area contributed by atoms with Gasteiger partial charge in [-0.15, -0.1) is 0 Å². The fourth-order valence-electron chi connectivity index (χ4n) is 1.79. The van der Waals surface area contributed by atoms with E-state index in [1.807, 2.05) is 0 Å². The van der Waals surface area contributed by atoms with E-state index in [1.54, 1.807) is 30.6 Å². The minimum absolute atomic E-state index is 0.339. The highest BCUT2D eigenvalue weighted by Crippen LogP contribution is 2.30. The van der Waals surface area contributed by atoms with E-state index in [0.717, 1.165) is 5.39 Å². The molecule has 0 aliphatic rings. The molecule has 7 heteroatoms. The number of amides is 1. The van der Waals surface area contributed by atoms with E-state index in [9.17, 15) is 13.2 Å². The van der Waals surface area contributed by atoms with Crippen LogP contribution in [0.5, 0.6) is 0 Å². The van der Waals surface area contributed by atoms with Crippen molar-refractivity contribution in [3.8, 4) is 0 Å². The van der Waals surface area contributed by atoms with Gasteiger partial charge in [0.2, 0.25) is 5.91 Å². The Bertz CT molecular complexity index is 788. The lowest BCUT2D eigenvalue weighted by atomic mass is 10.1. The molecule has 1 amide bonds. The third kappa shape index (κ3) is 3.51. The number of pyridine rings is 1. The second-order valence-electron chi connectivity index (χ2n) is 4.92. The van der Waals surface area contributed by atoms with Crippen molar-refractivity contribution in [3.05, 3.63) is 35.6 Å². The Hall–Kier alpha value is -1.66. The number of hydrogen-bond donors (Lipinski definition) is 1. The summed E-state index contributed by atoms with van der Waals surface area (Å²) in [4.78, 5) is 16.0. The van der Waals surface area contributed by atoms with Crippen LogP contribution >= 0.6 is 11.6 Å². The Kier molecular flexibility index (Phi) is 4.49. The molecule has 0 saturated carbocycles. The summed E-state index contributed by atoms with van der Waals surface area (Å²) in [6, 6.07) is 5.24. The Morgan fingerprint density at radius 3 is 2.71 bits per heavy atom. The van der Waals surface area contributed by atoms with Crippen molar-refractivity contribution in [2.45, 2.75) is 19.1 Å². The minimum atomic E-state index is -3.45. The maximum atomic E-state index is 12.0. The molecule has 1 aromatic carbocycles. The normalized spacial score (nSPS) is 11.8. The fourth-order valence-corrected chi connectivity index (χ4v) is 2.77. The third-order valence-corrected chi connectivity index (χ3v) is 5.50. The molecule has 2 rings (SSSR count). The fraction of sp³-hybridized carbons (Fsp3) is 0.286. The number of carbonyl (C=O) groups excluding carboxylic acids is 1. The zero-order valence-electron chi connectivity index (χ0n) is 11.6. The van der Waals surface area contributed by atoms with Crippen LogP contribution in [0.4, 0.5) is 5.69 Å². The molecular weight excluding hydrogens is 312 g/mol. The van der Waals surface area contributed by atoms with Gasteiger partial charge in [0.05, 0.1) is 16.0 Å². The molecule has 0 aliphatic heterocycles. The molecule has 0 atom stereocenters. The molecule has 1 aromatic heterocycles. The number of benzene rings is 1. The van der Waals surface area contributed by atoms with Crippen molar-refractivity contribution in [3.63, 3.8) is 0 Å². The number of nitrogens with zero attached hydrogens (tertiary/aromatic N) is 1. The van der Waals surface area contributed by atoms with Crippen molar-refractivity contribution in [1.29, 1.82) is 0 Å². The molecule has 0 spiro atoms. The van der Waals surface area contributed by atoms with Gasteiger partial charge >= 0.3 is 0 Å². The van der Waals surface area contributed by atoms with Crippen LogP contribution in [0.25, 0.3) is 10.8 Å². The van der Waals surface area contributed by atoms with E-state index in [-0.39, 0.29) is 0 Å². The number of hydrogen-bond acceptors (Lipinski definition) is 4. The zero-order valence-corrected chi connectivity index (χ0v) is 13.2. The van der Waals surface area contributed by atoms with Gasteiger partial charge in [-0.05, 0) is 31.4 Å². The van der Waals surface area contributed by atoms with Crippen molar-refractivity contribution in [2.24, 2.45) is 0 Å². The summed E-state index contributed by atoms with van der Waals surface area (Å²) in [5.74, 6) is -1.18. The summed E-state index contributed by atoms with van der Waals surface area (Å²) in [6.45, 7) is 3.08. The number of halogens is 1. The Balaban J connectivity index is 2.32. The van der Waals surface area contributed by atoms with Crippen LogP contribution in [0.15, 0.2) is 30.6 Å². The highest BCUT2D eigenvalue weighted by atomic mass is 35.5. The number of aromatic nitrogens is 1. The van der Waals surface area contributed by atoms with Gasteiger partial charge in [0, 0.05) is 17.8 Å². The molecule has 0 saturated heterocycles. The van der Waals surface area contributed by atoms with Crippen molar-refractivity contribution >= 4 is 43.8 Å². The molecule has 5 nitrogen and oxygen atoms in total. The average molecular weight is 327 g/mol. The first-order valence-electron chi connectivity index (χ1n) is 6.35. The van der Waals surface area contributed by atoms with Crippen LogP contribution in [-0.4, -0.2) is 30.3 Å². The average Bonchev–Trinajstić information content (AvgIpc) is 2.41. The molecule has 1 heterocycles. The number of sulfone groups is 1. The molecule has 0 aliphatic carbocycles. The summed E-state index contributed by atoms with van der Waals surface area (Å²) >= 11 is 6.09. The summed E-state index contributed by atoms with van der Waals surface area (Å²) in [6.07, 6.45) is 3.21. The van der Waals surface area contributed by atoms with E-state index >= 15 is 0 Å². The Morgan fingerprint density at radius 2 is 2.05 bits per heavy atom. The molecule has 2 aromatic rings. The first-order chi connectivity index (χ1) is 9.81. The van der Waals surface area contributed by atoms with E-state index in [0.29, 0.717) is 16.1 Å². The van der Waals surface area contributed by atoms with Crippen LogP contribution in [0.2, 0.25) is 5.02 Å². The molecule has 0 radical (unpaired) electrons. The number of carbonyl (C=O) groups is 1. The lowest BCUT2D eigenvalue weighted by molar-refractivity contribution is -0.113. The molecule has 0 bridgehead atoms. The molecular formula is C14H15ClN2O3S. The summed E-state index contributed by atoms with van der Waals surface area (Å²) < 4.78 is 23.5. The van der Waals surface area contributed by atoms with Crippen molar-refractivity contribution in [2.75, 3.05) is 11.1 Å². The van der Waals surface area contributed by atoms with Gasteiger partial charge in [0.25, 0.3) is 0 Å². The smallest absolute Gasteiger partial charge is 0.239 e. The Morgan fingerprint density at radius 1 is 1.33 bits per heavy atom. The number of fused-ring (bicyclic) bond motifs is 1.